The first-order valence-corrected chi connectivity index (χ1v) is 15.2. The van der Waals surface area contributed by atoms with Gasteiger partial charge in [0.15, 0.2) is 0 Å². The third kappa shape index (κ3) is 5.52. The van der Waals surface area contributed by atoms with Crippen LogP contribution in [0.2, 0.25) is 10.0 Å². The minimum absolute atomic E-state index is 0.0957. The molecule has 5 nitrogen and oxygen atoms in total. The van der Waals surface area contributed by atoms with Gasteiger partial charge in [-0.15, -0.1) is 0 Å². The van der Waals surface area contributed by atoms with E-state index in [2.05, 4.69) is 20.8 Å². The van der Waals surface area contributed by atoms with Crippen molar-refractivity contribution in [3.63, 3.8) is 0 Å². The van der Waals surface area contributed by atoms with Gasteiger partial charge in [0.1, 0.15) is 0 Å². The minimum atomic E-state index is -0.748. The smallest absolute Gasteiger partial charge is 0.303 e. The zero-order valence-corrected chi connectivity index (χ0v) is 24.8. The van der Waals surface area contributed by atoms with Crippen LogP contribution in [0.15, 0.2) is 18.2 Å². The fraction of sp³-hybridized carbons (Fsp3) is 0.774. The highest BCUT2D eigenvalue weighted by Gasteiger charge is 2.65. The fourth-order valence-corrected chi connectivity index (χ4v) is 9.66. The number of aliphatic hydroxyl groups is 3. The van der Waals surface area contributed by atoms with Crippen molar-refractivity contribution in [1.82, 2.24) is 0 Å². The molecule has 4 aliphatic rings. The largest absolute Gasteiger partial charge is 0.481 e. The molecule has 7 heteroatoms. The van der Waals surface area contributed by atoms with Crippen molar-refractivity contribution in [2.24, 2.45) is 46.3 Å². The first kappa shape index (κ1) is 30.1. The molecule has 4 saturated carbocycles. The van der Waals surface area contributed by atoms with Gasteiger partial charge in [-0.05, 0) is 122 Å². The molecule has 11 atom stereocenters. The maximum Gasteiger partial charge on any atom is 0.303 e. The zero-order chi connectivity index (χ0) is 28.0. The third-order valence-electron chi connectivity index (χ3n) is 11.5. The Morgan fingerprint density at radius 3 is 2.39 bits per heavy atom. The van der Waals surface area contributed by atoms with Crippen molar-refractivity contribution in [1.29, 1.82) is 0 Å². The molecule has 4 fully saturated rings. The molecule has 4 N–H and O–H groups in total. The van der Waals surface area contributed by atoms with Crippen molar-refractivity contribution >= 4 is 29.2 Å². The first-order chi connectivity index (χ1) is 17.8. The second kappa shape index (κ2) is 11.6. The second-order valence-corrected chi connectivity index (χ2v) is 14.2. The quantitative estimate of drug-likeness (QED) is 0.322. The summed E-state index contributed by atoms with van der Waals surface area (Å²) in [7, 11) is 0. The summed E-state index contributed by atoms with van der Waals surface area (Å²) in [4.78, 5) is 11.1. The zero-order valence-electron chi connectivity index (χ0n) is 23.2. The van der Waals surface area contributed by atoms with Crippen molar-refractivity contribution in [3.8, 4) is 0 Å². The van der Waals surface area contributed by atoms with Gasteiger partial charge in [0, 0.05) is 16.5 Å². The lowest BCUT2D eigenvalue weighted by Crippen LogP contribution is -2.62. The van der Waals surface area contributed by atoms with E-state index in [1.165, 1.54) is 0 Å². The van der Waals surface area contributed by atoms with Crippen LogP contribution in [0.4, 0.5) is 0 Å². The van der Waals surface area contributed by atoms with Gasteiger partial charge in [-0.1, -0.05) is 50.0 Å². The van der Waals surface area contributed by atoms with Crippen molar-refractivity contribution < 1.29 is 25.2 Å². The number of carbonyl (C=O) groups is 1. The molecule has 0 unspecified atom stereocenters. The highest BCUT2D eigenvalue weighted by atomic mass is 35.5. The molecule has 0 radical (unpaired) electrons. The van der Waals surface area contributed by atoms with E-state index in [-0.39, 0.29) is 41.3 Å². The molecule has 0 aromatic heterocycles. The minimum Gasteiger partial charge on any atom is -0.481 e. The van der Waals surface area contributed by atoms with Gasteiger partial charge in [0.05, 0.1) is 18.3 Å². The van der Waals surface area contributed by atoms with Crippen LogP contribution >= 0.6 is 23.2 Å². The first-order valence-electron chi connectivity index (χ1n) is 14.5. The number of aryl methyl sites for hydroxylation is 1. The molecule has 0 amide bonds. The molecule has 0 spiro atoms. The van der Waals surface area contributed by atoms with Gasteiger partial charge in [-0.2, -0.15) is 0 Å². The fourth-order valence-electron chi connectivity index (χ4n) is 9.25. The van der Waals surface area contributed by atoms with Crippen LogP contribution in [0.25, 0.3) is 0 Å². The monoisotopic (exact) mass is 568 g/mol. The number of hydrogen-bond acceptors (Lipinski definition) is 4. The van der Waals surface area contributed by atoms with E-state index in [4.69, 9.17) is 28.3 Å². The number of aliphatic carboxylic acids is 1. The van der Waals surface area contributed by atoms with E-state index >= 15 is 0 Å². The molecular weight excluding hydrogens is 523 g/mol. The Kier molecular flexibility index (Phi) is 9.16. The van der Waals surface area contributed by atoms with Crippen molar-refractivity contribution in [2.45, 2.75) is 104 Å². The van der Waals surface area contributed by atoms with E-state index in [9.17, 15) is 20.1 Å². The summed E-state index contributed by atoms with van der Waals surface area (Å²) >= 11 is 11.4. The average Bonchev–Trinajstić information content (AvgIpc) is 3.21. The number of carboxylic acid groups (broad SMARTS) is 1. The Labute approximate surface area is 237 Å². The lowest BCUT2D eigenvalue weighted by atomic mass is 9.43. The summed E-state index contributed by atoms with van der Waals surface area (Å²) < 4.78 is 0. The number of hydrogen-bond donors (Lipinski definition) is 4. The topological polar surface area (TPSA) is 98.0 Å². The number of benzene rings is 1. The molecule has 1 aromatic rings. The lowest BCUT2D eigenvalue weighted by molar-refractivity contribution is -0.207. The Balaban J connectivity index is 0.000000317. The van der Waals surface area contributed by atoms with E-state index < -0.39 is 12.1 Å². The number of halogens is 2. The molecule has 0 aliphatic heterocycles. The number of fused-ring (bicyclic) bond motifs is 5. The Morgan fingerprint density at radius 1 is 1.05 bits per heavy atom. The maximum atomic E-state index is 11.5. The standard InChI is InChI=1S/C24H40O5.C7H6Cl2/c1-13(4-7-21(28)29)16-5-6-17-22-18(12-20(27)24(16,17)3)23(2)9-8-15(25)10-14(23)11-19(22)26;1-5-2-3-6(8)4-7(5)9/h13-20,22,25-27H,4-12H2,1-3H3,(H,28,29);2-4H,1H3/t13-,14+,15-,16-,17+,18+,19-,20+,22+,23+,24-;/m1./s1. The van der Waals surface area contributed by atoms with E-state index in [0.717, 1.165) is 55.5 Å². The van der Waals surface area contributed by atoms with Crippen LogP contribution in [0.3, 0.4) is 0 Å². The molecule has 214 valence electrons. The molecule has 0 saturated heterocycles. The van der Waals surface area contributed by atoms with E-state index in [0.29, 0.717) is 35.1 Å². The molecule has 0 bridgehead atoms. The summed E-state index contributed by atoms with van der Waals surface area (Å²) in [6.07, 6.45) is 6.00. The van der Waals surface area contributed by atoms with Crippen LogP contribution in [0.5, 0.6) is 0 Å². The molecule has 1 aromatic carbocycles. The SMILES string of the molecule is C[C@H](CCC(=O)O)[C@H]1CC[C@H]2[C@@H]3[C@H](O)C[C@@H]4C[C@H](O)CC[C@]4(C)[C@H]3C[C@H](O)[C@]12C.Cc1ccc(Cl)cc1Cl. The Hall–Kier alpha value is -0.850. The molecule has 4 aliphatic carbocycles. The average molecular weight is 570 g/mol. The number of rotatable bonds is 4. The van der Waals surface area contributed by atoms with Crippen LogP contribution < -0.4 is 0 Å². The van der Waals surface area contributed by atoms with Gasteiger partial charge in [-0.3, -0.25) is 4.79 Å². The summed E-state index contributed by atoms with van der Waals surface area (Å²) in [6, 6.07) is 5.45. The summed E-state index contributed by atoms with van der Waals surface area (Å²) in [5.41, 5.74) is 0.914. The Morgan fingerprint density at radius 2 is 1.76 bits per heavy atom. The third-order valence-corrected chi connectivity index (χ3v) is 12.1. The predicted octanol–water partition coefficient (Wildman–Crippen LogP) is 6.75. The highest BCUT2D eigenvalue weighted by molar-refractivity contribution is 6.35. The van der Waals surface area contributed by atoms with Gasteiger partial charge in [-0.25, -0.2) is 0 Å². The van der Waals surface area contributed by atoms with Gasteiger partial charge >= 0.3 is 5.97 Å². The van der Waals surface area contributed by atoms with Gasteiger partial charge in [0.25, 0.3) is 0 Å². The normalized spacial score (nSPS) is 42.7. The van der Waals surface area contributed by atoms with Crippen molar-refractivity contribution in [2.75, 3.05) is 0 Å². The lowest BCUT2D eigenvalue weighted by Gasteiger charge is -2.63. The molecule has 5 rings (SSSR count). The maximum absolute atomic E-state index is 11.5. The van der Waals surface area contributed by atoms with Crippen LogP contribution in [0.1, 0.15) is 84.1 Å². The van der Waals surface area contributed by atoms with Gasteiger partial charge in [0.2, 0.25) is 0 Å². The summed E-state index contributed by atoms with van der Waals surface area (Å²) in [5.74, 6) is 0.997. The molecule has 0 heterocycles. The number of carboxylic acids is 1. The van der Waals surface area contributed by atoms with Gasteiger partial charge < -0.3 is 20.4 Å². The Bertz CT molecular complexity index is 1000. The summed E-state index contributed by atoms with van der Waals surface area (Å²) in [6.45, 7) is 8.67. The highest BCUT2D eigenvalue weighted by Crippen LogP contribution is 2.68. The van der Waals surface area contributed by atoms with Crippen molar-refractivity contribution in [3.05, 3.63) is 33.8 Å². The predicted molar refractivity (Wildman–Crippen MR) is 151 cm³/mol. The van der Waals surface area contributed by atoms with Crippen LogP contribution in [-0.4, -0.2) is 44.7 Å². The molecule has 38 heavy (non-hydrogen) atoms. The second-order valence-electron chi connectivity index (χ2n) is 13.3. The van der Waals surface area contributed by atoms with E-state index in [1.54, 1.807) is 6.07 Å². The number of aliphatic hydroxyl groups excluding tert-OH is 3. The summed E-state index contributed by atoms with van der Waals surface area (Å²) in [5, 5.41) is 43.4. The van der Waals surface area contributed by atoms with Crippen LogP contribution in [-0.2, 0) is 4.79 Å². The molecular formula is C31H46Cl2O5. The van der Waals surface area contributed by atoms with Crippen LogP contribution in [0, 0.1) is 53.3 Å². The van der Waals surface area contributed by atoms with E-state index in [1.807, 2.05) is 19.1 Å².